The van der Waals surface area contributed by atoms with Crippen molar-refractivity contribution in [2.75, 3.05) is 19.8 Å². The van der Waals surface area contributed by atoms with Crippen LogP contribution in [0.4, 0.5) is 0 Å². The van der Waals surface area contributed by atoms with Crippen LogP contribution in [0.5, 0.6) is 0 Å². The molecule has 0 saturated carbocycles. The summed E-state index contributed by atoms with van der Waals surface area (Å²) in [6, 6.07) is 0. The number of hydrogen-bond acceptors (Lipinski definition) is 3. The lowest BCUT2D eigenvalue weighted by Gasteiger charge is -2.38. The van der Waals surface area contributed by atoms with E-state index in [0.29, 0.717) is 12.2 Å². The van der Waals surface area contributed by atoms with Gasteiger partial charge in [-0.05, 0) is 20.3 Å². The smallest absolute Gasteiger partial charge is 0.333 e. The summed E-state index contributed by atoms with van der Waals surface area (Å²) in [5.74, 6) is -0.216. The standard InChI is InChI=1S/C11H18O3/c1-4-11(7-13-8-11)6-9(3)10(12)14-5-2/h6H,4-5,7-8H2,1-3H3. The van der Waals surface area contributed by atoms with Crippen LogP contribution in [0.2, 0.25) is 0 Å². The van der Waals surface area contributed by atoms with E-state index in [1.165, 1.54) is 0 Å². The predicted molar refractivity (Wildman–Crippen MR) is 53.9 cm³/mol. The van der Waals surface area contributed by atoms with Crippen LogP contribution in [0.3, 0.4) is 0 Å². The van der Waals surface area contributed by atoms with E-state index in [1.807, 2.05) is 13.0 Å². The van der Waals surface area contributed by atoms with Crippen molar-refractivity contribution in [1.82, 2.24) is 0 Å². The number of carbonyl (C=O) groups excluding carboxylic acids is 1. The maximum atomic E-state index is 11.3. The van der Waals surface area contributed by atoms with Gasteiger partial charge in [0.25, 0.3) is 0 Å². The van der Waals surface area contributed by atoms with Gasteiger partial charge in [0, 0.05) is 11.0 Å². The zero-order valence-electron chi connectivity index (χ0n) is 9.13. The molecule has 0 aromatic heterocycles. The molecular formula is C11H18O3. The lowest BCUT2D eigenvalue weighted by atomic mass is 9.81. The van der Waals surface area contributed by atoms with Crippen molar-refractivity contribution in [3.63, 3.8) is 0 Å². The molecule has 14 heavy (non-hydrogen) atoms. The van der Waals surface area contributed by atoms with Crippen LogP contribution in [-0.2, 0) is 14.3 Å². The zero-order chi connectivity index (χ0) is 10.6. The van der Waals surface area contributed by atoms with Gasteiger partial charge in [-0.2, -0.15) is 0 Å². The zero-order valence-corrected chi connectivity index (χ0v) is 9.13. The van der Waals surface area contributed by atoms with Gasteiger partial charge in [0.2, 0.25) is 0 Å². The Morgan fingerprint density at radius 1 is 1.50 bits per heavy atom. The molecule has 0 atom stereocenters. The van der Waals surface area contributed by atoms with Crippen molar-refractivity contribution in [1.29, 1.82) is 0 Å². The van der Waals surface area contributed by atoms with Gasteiger partial charge >= 0.3 is 5.97 Å². The molecule has 3 nitrogen and oxygen atoms in total. The van der Waals surface area contributed by atoms with E-state index in [1.54, 1.807) is 6.92 Å². The van der Waals surface area contributed by atoms with Gasteiger partial charge in [0.15, 0.2) is 0 Å². The van der Waals surface area contributed by atoms with E-state index >= 15 is 0 Å². The Kier molecular flexibility index (Phi) is 3.69. The molecule has 1 fully saturated rings. The van der Waals surface area contributed by atoms with E-state index in [4.69, 9.17) is 9.47 Å². The fraction of sp³-hybridized carbons (Fsp3) is 0.727. The SMILES string of the molecule is CCOC(=O)C(C)=CC1(CC)COC1. The molecule has 1 aliphatic heterocycles. The third-order valence-corrected chi connectivity index (χ3v) is 2.60. The van der Waals surface area contributed by atoms with Crippen molar-refractivity contribution < 1.29 is 14.3 Å². The van der Waals surface area contributed by atoms with Crippen LogP contribution >= 0.6 is 0 Å². The molecule has 0 radical (unpaired) electrons. The Balaban J connectivity index is 2.61. The molecule has 0 unspecified atom stereocenters. The fourth-order valence-electron chi connectivity index (χ4n) is 1.52. The largest absolute Gasteiger partial charge is 0.463 e. The second kappa shape index (κ2) is 4.60. The average molecular weight is 198 g/mol. The van der Waals surface area contributed by atoms with Gasteiger partial charge in [-0.1, -0.05) is 13.0 Å². The van der Waals surface area contributed by atoms with Crippen LogP contribution in [0.1, 0.15) is 27.2 Å². The molecule has 1 aliphatic rings. The Morgan fingerprint density at radius 2 is 2.14 bits per heavy atom. The maximum absolute atomic E-state index is 11.3. The Labute approximate surface area is 85.1 Å². The molecular weight excluding hydrogens is 180 g/mol. The fourth-order valence-corrected chi connectivity index (χ4v) is 1.52. The molecule has 1 saturated heterocycles. The minimum Gasteiger partial charge on any atom is -0.463 e. The molecule has 0 aromatic carbocycles. The first-order valence-electron chi connectivity index (χ1n) is 5.08. The Hall–Kier alpha value is -0.830. The summed E-state index contributed by atoms with van der Waals surface area (Å²) < 4.78 is 10.1. The first kappa shape index (κ1) is 11.2. The molecule has 0 amide bonds. The van der Waals surface area contributed by atoms with Crippen LogP contribution < -0.4 is 0 Å². The van der Waals surface area contributed by atoms with Crippen LogP contribution in [0, 0.1) is 5.41 Å². The number of esters is 1. The summed E-state index contributed by atoms with van der Waals surface area (Å²) in [5.41, 5.74) is 0.772. The summed E-state index contributed by atoms with van der Waals surface area (Å²) in [6.45, 7) is 7.60. The van der Waals surface area contributed by atoms with E-state index in [2.05, 4.69) is 6.92 Å². The minimum atomic E-state index is -0.216. The molecule has 0 spiro atoms. The summed E-state index contributed by atoms with van der Waals surface area (Å²) in [7, 11) is 0. The van der Waals surface area contributed by atoms with Gasteiger partial charge in [-0.15, -0.1) is 0 Å². The summed E-state index contributed by atoms with van der Waals surface area (Å²) in [6.07, 6.45) is 3.00. The number of ether oxygens (including phenoxy) is 2. The second-order valence-corrected chi connectivity index (χ2v) is 3.76. The number of carbonyl (C=O) groups is 1. The van der Waals surface area contributed by atoms with Crippen molar-refractivity contribution in [3.8, 4) is 0 Å². The Morgan fingerprint density at radius 3 is 2.50 bits per heavy atom. The summed E-state index contributed by atoms with van der Waals surface area (Å²) in [4.78, 5) is 11.3. The van der Waals surface area contributed by atoms with Gasteiger partial charge < -0.3 is 9.47 Å². The van der Waals surface area contributed by atoms with Crippen LogP contribution in [0.15, 0.2) is 11.6 Å². The van der Waals surface area contributed by atoms with E-state index in [0.717, 1.165) is 19.6 Å². The van der Waals surface area contributed by atoms with Gasteiger partial charge in [0.1, 0.15) is 0 Å². The average Bonchev–Trinajstić information content (AvgIpc) is 2.11. The highest BCUT2D eigenvalue weighted by Crippen LogP contribution is 2.33. The molecule has 1 rings (SSSR count). The van der Waals surface area contributed by atoms with Crippen LogP contribution in [0.25, 0.3) is 0 Å². The first-order chi connectivity index (χ1) is 6.63. The van der Waals surface area contributed by atoms with Gasteiger partial charge in [-0.25, -0.2) is 4.79 Å². The molecule has 0 aromatic rings. The maximum Gasteiger partial charge on any atom is 0.333 e. The molecule has 80 valence electrons. The van der Waals surface area contributed by atoms with Gasteiger partial charge in [0.05, 0.1) is 19.8 Å². The van der Waals surface area contributed by atoms with E-state index in [9.17, 15) is 4.79 Å². The van der Waals surface area contributed by atoms with Crippen molar-refractivity contribution in [2.45, 2.75) is 27.2 Å². The van der Waals surface area contributed by atoms with Crippen molar-refractivity contribution >= 4 is 5.97 Å². The quantitative estimate of drug-likeness (QED) is 0.511. The summed E-state index contributed by atoms with van der Waals surface area (Å²) in [5, 5.41) is 0. The highest BCUT2D eigenvalue weighted by Gasteiger charge is 2.35. The topological polar surface area (TPSA) is 35.5 Å². The third-order valence-electron chi connectivity index (χ3n) is 2.60. The molecule has 0 aliphatic carbocycles. The van der Waals surface area contributed by atoms with Crippen molar-refractivity contribution in [2.24, 2.45) is 5.41 Å². The third kappa shape index (κ3) is 2.35. The lowest BCUT2D eigenvalue weighted by Crippen LogP contribution is -2.40. The van der Waals surface area contributed by atoms with E-state index < -0.39 is 0 Å². The summed E-state index contributed by atoms with van der Waals surface area (Å²) >= 11 is 0. The molecule has 3 heteroatoms. The monoisotopic (exact) mass is 198 g/mol. The second-order valence-electron chi connectivity index (χ2n) is 3.76. The lowest BCUT2D eigenvalue weighted by molar-refractivity contribution is -0.138. The first-order valence-corrected chi connectivity index (χ1v) is 5.08. The number of hydrogen-bond donors (Lipinski definition) is 0. The molecule has 0 bridgehead atoms. The number of rotatable bonds is 4. The molecule has 0 N–H and O–H groups in total. The molecule has 1 heterocycles. The predicted octanol–water partition coefficient (Wildman–Crippen LogP) is 1.92. The highest BCUT2D eigenvalue weighted by atomic mass is 16.5. The van der Waals surface area contributed by atoms with E-state index in [-0.39, 0.29) is 11.4 Å². The van der Waals surface area contributed by atoms with Crippen LogP contribution in [-0.4, -0.2) is 25.8 Å². The Bertz CT molecular complexity index is 233. The normalized spacial score (nSPS) is 20.1. The van der Waals surface area contributed by atoms with Crippen molar-refractivity contribution in [3.05, 3.63) is 11.6 Å². The van der Waals surface area contributed by atoms with Gasteiger partial charge in [-0.3, -0.25) is 0 Å². The highest BCUT2D eigenvalue weighted by molar-refractivity contribution is 5.87. The minimum absolute atomic E-state index is 0.0802.